The van der Waals surface area contributed by atoms with E-state index in [1.54, 1.807) is 7.11 Å². The van der Waals surface area contributed by atoms with Gasteiger partial charge < -0.3 is 15.4 Å². The zero-order valence-corrected chi connectivity index (χ0v) is 10.9. The van der Waals surface area contributed by atoms with Crippen molar-refractivity contribution >= 4 is 5.69 Å². The molecule has 0 saturated carbocycles. The van der Waals surface area contributed by atoms with Gasteiger partial charge in [0.1, 0.15) is 0 Å². The standard InChI is InChI=1S/C14H22N2O/c1-14(2,17-3)13(15)10-16-9-8-11-6-4-5-7-12(11)16/h4-7,13H,8-10,15H2,1-3H3. The number of anilines is 1. The Bertz CT molecular complexity index is 390. The Morgan fingerprint density at radius 2 is 2.12 bits per heavy atom. The molecule has 3 heteroatoms. The monoisotopic (exact) mass is 234 g/mol. The fourth-order valence-corrected chi connectivity index (χ4v) is 2.20. The topological polar surface area (TPSA) is 38.5 Å². The van der Waals surface area contributed by atoms with Crippen LogP contribution in [0, 0.1) is 0 Å². The number of methoxy groups -OCH3 is 1. The van der Waals surface area contributed by atoms with Crippen molar-refractivity contribution in [3.63, 3.8) is 0 Å². The summed E-state index contributed by atoms with van der Waals surface area (Å²) in [5, 5.41) is 0. The molecule has 1 unspecified atom stereocenters. The highest BCUT2D eigenvalue weighted by Crippen LogP contribution is 2.28. The number of hydrogen-bond donors (Lipinski definition) is 1. The van der Waals surface area contributed by atoms with E-state index in [0.29, 0.717) is 0 Å². The molecule has 1 aliphatic rings. The smallest absolute Gasteiger partial charge is 0.0790 e. The van der Waals surface area contributed by atoms with Crippen molar-refractivity contribution in [3.05, 3.63) is 29.8 Å². The van der Waals surface area contributed by atoms with Crippen LogP contribution in [0.5, 0.6) is 0 Å². The van der Waals surface area contributed by atoms with Crippen molar-refractivity contribution in [2.45, 2.75) is 31.9 Å². The van der Waals surface area contributed by atoms with Crippen molar-refractivity contribution < 1.29 is 4.74 Å². The highest BCUT2D eigenvalue weighted by Gasteiger charge is 2.29. The Balaban J connectivity index is 2.07. The van der Waals surface area contributed by atoms with Gasteiger partial charge >= 0.3 is 0 Å². The molecule has 1 aromatic carbocycles. The second-order valence-corrected chi connectivity index (χ2v) is 5.24. The molecule has 1 aliphatic heterocycles. The number of benzene rings is 1. The summed E-state index contributed by atoms with van der Waals surface area (Å²) in [6.07, 6.45) is 1.12. The molecule has 0 aromatic heterocycles. The van der Waals surface area contributed by atoms with Crippen LogP contribution >= 0.6 is 0 Å². The minimum Gasteiger partial charge on any atom is -0.377 e. The van der Waals surface area contributed by atoms with E-state index in [0.717, 1.165) is 19.5 Å². The van der Waals surface area contributed by atoms with Crippen LogP contribution in [0.2, 0.25) is 0 Å². The number of fused-ring (bicyclic) bond motifs is 1. The SMILES string of the molecule is COC(C)(C)C(N)CN1CCc2ccccc21. The molecule has 0 amide bonds. The summed E-state index contributed by atoms with van der Waals surface area (Å²) in [6, 6.07) is 8.57. The second kappa shape index (κ2) is 4.67. The summed E-state index contributed by atoms with van der Waals surface area (Å²) in [6.45, 7) is 5.99. The van der Waals surface area contributed by atoms with Gasteiger partial charge in [-0.25, -0.2) is 0 Å². The molecule has 1 atom stereocenters. The minimum atomic E-state index is -0.280. The van der Waals surface area contributed by atoms with Gasteiger partial charge in [0.15, 0.2) is 0 Å². The molecule has 0 aliphatic carbocycles. The molecule has 0 bridgehead atoms. The molecule has 94 valence electrons. The molecule has 3 nitrogen and oxygen atoms in total. The zero-order valence-electron chi connectivity index (χ0n) is 10.9. The number of rotatable bonds is 4. The van der Waals surface area contributed by atoms with Gasteiger partial charge in [0.25, 0.3) is 0 Å². The number of nitrogens with zero attached hydrogens (tertiary/aromatic N) is 1. The van der Waals surface area contributed by atoms with Crippen LogP contribution in [0.4, 0.5) is 5.69 Å². The number of nitrogens with two attached hydrogens (primary N) is 1. The highest BCUT2D eigenvalue weighted by atomic mass is 16.5. The fraction of sp³-hybridized carbons (Fsp3) is 0.571. The van der Waals surface area contributed by atoms with Crippen LogP contribution in [0.1, 0.15) is 19.4 Å². The van der Waals surface area contributed by atoms with E-state index in [9.17, 15) is 0 Å². The first-order chi connectivity index (χ1) is 8.04. The van der Waals surface area contributed by atoms with E-state index in [1.807, 2.05) is 13.8 Å². The van der Waals surface area contributed by atoms with Crippen LogP contribution in [-0.2, 0) is 11.2 Å². The first-order valence-electron chi connectivity index (χ1n) is 6.18. The van der Waals surface area contributed by atoms with Crippen molar-refractivity contribution in [1.29, 1.82) is 0 Å². The van der Waals surface area contributed by atoms with Gasteiger partial charge in [-0.3, -0.25) is 0 Å². The summed E-state index contributed by atoms with van der Waals surface area (Å²) < 4.78 is 5.45. The molecule has 2 rings (SSSR count). The summed E-state index contributed by atoms with van der Waals surface area (Å²) in [4.78, 5) is 2.36. The van der Waals surface area contributed by atoms with Crippen molar-refractivity contribution in [2.24, 2.45) is 5.73 Å². The van der Waals surface area contributed by atoms with Gasteiger partial charge in [-0.05, 0) is 31.9 Å². The summed E-state index contributed by atoms with van der Waals surface area (Å²) >= 11 is 0. The van der Waals surface area contributed by atoms with Gasteiger partial charge in [-0.1, -0.05) is 18.2 Å². The Hall–Kier alpha value is -1.06. The third-order valence-corrected chi connectivity index (χ3v) is 3.82. The summed E-state index contributed by atoms with van der Waals surface area (Å²) in [5.41, 5.74) is 8.71. The summed E-state index contributed by atoms with van der Waals surface area (Å²) in [5.74, 6) is 0. The first kappa shape index (κ1) is 12.4. The predicted octanol–water partition coefficient (Wildman–Crippen LogP) is 1.80. The minimum absolute atomic E-state index is 0.0126. The Labute approximate surface area is 104 Å². The zero-order chi connectivity index (χ0) is 12.5. The number of ether oxygens (including phenoxy) is 1. The average Bonchev–Trinajstić information content (AvgIpc) is 2.73. The van der Waals surface area contributed by atoms with Crippen molar-refractivity contribution in [3.8, 4) is 0 Å². The van der Waals surface area contributed by atoms with E-state index in [-0.39, 0.29) is 11.6 Å². The molecule has 1 heterocycles. The molecule has 0 radical (unpaired) electrons. The van der Waals surface area contributed by atoms with Gasteiger partial charge in [0.05, 0.1) is 11.6 Å². The van der Waals surface area contributed by atoms with Gasteiger partial charge in [-0.15, -0.1) is 0 Å². The lowest BCUT2D eigenvalue weighted by Crippen LogP contribution is -2.51. The summed E-state index contributed by atoms with van der Waals surface area (Å²) in [7, 11) is 1.72. The molecule has 17 heavy (non-hydrogen) atoms. The Kier molecular flexibility index (Phi) is 3.40. The normalized spacial score (nSPS) is 17.1. The fourth-order valence-electron chi connectivity index (χ4n) is 2.20. The molecular weight excluding hydrogens is 212 g/mol. The number of hydrogen-bond acceptors (Lipinski definition) is 3. The lowest BCUT2D eigenvalue weighted by molar-refractivity contribution is 0.00266. The van der Waals surface area contributed by atoms with Crippen molar-refractivity contribution in [1.82, 2.24) is 0 Å². The maximum Gasteiger partial charge on any atom is 0.0790 e. The average molecular weight is 234 g/mol. The maximum absolute atomic E-state index is 6.23. The largest absolute Gasteiger partial charge is 0.377 e. The van der Waals surface area contributed by atoms with Crippen LogP contribution in [0.25, 0.3) is 0 Å². The molecule has 2 N–H and O–H groups in total. The van der Waals surface area contributed by atoms with E-state index >= 15 is 0 Å². The predicted molar refractivity (Wildman–Crippen MR) is 71.4 cm³/mol. The lowest BCUT2D eigenvalue weighted by Gasteiger charge is -2.34. The highest BCUT2D eigenvalue weighted by molar-refractivity contribution is 5.57. The van der Waals surface area contributed by atoms with E-state index < -0.39 is 0 Å². The van der Waals surface area contributed by atoms with E-state index in [4.69, 9.17) is 10.5 Å². The Morgan fingerprint density at radius 3 is 2.82 bits per heavy atom. The van der Waals surface area contributed by atoms with Gasteiger partial charge in [0.2, 0.25) is 0 Å². The third kappa shape index (κ3) is 2.45. The third-order valence-electron chi connectivity index (χ3n) is 3.82. The van der Waals surface area contributed by atoms with Crippen LogP contribution in [-0.4, -0.2) is 31.8 Å². The van der Waals surface area contributed by atoms with Crippen LogP contribution < -0.4 is 10.6 Å². The van der Waals surface area contributed by atoms with Gasteiger partial charge in [0, 0.05) is 25.9 Å². The van der Waals surface area contributed by atoms with Crippen LogP contribution in [0.3, 0.4) is 0 Å². The Morgan fingerprint density at radius 1 is 1.41 bits per heavy atom. The van der Waals surface area contributed by atoms with E-state index in [2.05, 4.69) is 29.2 Å². The van der Waals surface area contributed by atoms with E-state index in [1.165, 1.54) is 11.3 Å². The molecule has 0 spiro atoms. The maximum atomic E-state index is 6.23. The first-order valence-corrected chi connectivity index (χ1v) is 6.18. The molecular formula is C14H22N2O. The quantitative estimate of drug-likeness (QED) is 0.863. The molecule has 0 fully saturated rings. The van der Waals surface area contributed by atoms with Crippen molar-refractivity contribution in [2.75, 3.05) is 25.1 Å². The second-order valence-electron chi connectivity index (χ2n) is 5.24. The molecule has 0 saturated heterocycles. The van der Waals surface area contributed by atoms with Gasteiger partial charge in [-0.2, -0.15) is 0 Å². The number of para-hydroxylation sites is 1. The lowest BCUT2D eigenvalue weighted by atomic mass is 9.99. The molecule has 1 aromatic rings. The van der Waals surface area contributed by atoms with Crippen LogP contribution in [0.15, 0.2) is 24.3 Å².